The Kier molecular flexibility index (Phi) is 6.84. The number of carbonyl (C=O) groups is 2. The molecule has 3 rings (SSSR count). The van der Waals surface area contributed by atoms with E-state index in [1.54, 1.807) is 31.2 Å². The number of para-hydroxylation sites is 1. The molecular formula is C23H22N2O4. The number of esters is 1. The first-order valence-electron chi connectivity index (χ1n) is 9.28. The van der Waals surface area contributed by atoms with Gasteiger partial charge in [0.25, 0.3) is 0 Å². The van der Waals surface area contributed by atoms with Crippen molar-refractivity contribution in [3.63, 3.8) is 0 Å². The van der Waals surface area contributed by atoms with Crippen LogP contribution in [0.25, 0.3) is 0 Å². The van der Waals surface area contributed by atoms with Gasteiger partial charge in [-0.25, -0.2) is 4.79 Å². The second-order valence-electron chi connectivity index (χ2n) is 6.14. The van der Waals surface area contributed by atoms with Gasteiger partial charge in [-0.3, -0.25) is 4.79 Å². The Labute approximate surface area is 169 Å². The van der Waals surface area contributed by atoms with E-state index >= 15 is 0 Å². The maximum Gasteiger partial charge on any atom is 0.338 e. The van der Waals surface area contributed by atoms with Gasteiger partial charge in [-0.1, -0.05) is 18.2 Å². The van der Waals surface area contributed by atoms with Gasteiger partial charge in [0.2, 0.25) is 5.91 Å². The summed E-state index contributed by atoms with van der Waals surface area (Å²) < 4.78 is 10.7. The predicted octanol–water partition coefficient (Wildman–Crippen LogP) is 4.71. The fourth-order valence-corrected chi connectivity index (χ4v) is 2.56. The molecule has 0 heterocycles. The quantitative estimate of drug-likeness (QED) is 0.545. The number of amides is 1. The number of hydrogen-bond donors (Lipinski definition) is 2. The highest BCUT2D eigenvalue weighted by molar-refractivity contribution is 5.95. The summed E-state index contributed by atoms with van der Waals surface area (Å²) in [6.07, 6.45) is 0. The van der Waals surface area contributed by atoms with Gasteiger partial charge in [0, 0.05) is 11.4 Å². The lowest BCUT2D eigenvalue weighted by molar-refractivity contribution is -0.114. The van der Waals surface area contributed by atoms with E-state index in [2.05, 4.69) is 10.6 Å². The maximum absolute atomic E-state index is 12.1. The topological polar surface area (TPSA) is 76.7 Å². The molecule has 0 fully saturated rings. The van der Waals surface area contributed by atoms with Crippen LogP contribution >= 0.6 is 0 Å². The number of rotatable bonds is 8. The summed E-state index contributed by atoms with van der Waals surface area (Å²) in [5, 5.41) is 5.84. The Morgan fingerprint density at radius 3 is 2.07 bits per heavy atom. The third kappa shape index (κ3) is 6.10. The van der Waals surface area contributed by atoms with Gasteiger partial charge in [-0.15, -0.1) is 0 Å². The second kappa shape index (κ2) is 9.94. The summed E-state index contributed by atoms with van der Waals surface area (Å²) in [6, 6.07) is 23.5. The first kappa shape index (κ1) is 19.9. The van der Waals surface area contributed by atoms with Crippen LogP contribution in [0.3, 0.4) is 0 Å². The molecule has 0 aromatic heterocycles. The van der Waals surface area contributed by atoms with Crippen molar-refractivity contribution in [2.75, 3.05) is 23.8 Å². The molecule has 0 saturated carbocycles. The molecule has 1 amide bonds. The summed E-state index contributed by atoms with van der Waals surface area (Å²) >= 11 is 0. The monoisotopic (exact) mass is 390 g/mol. The van der Waals surface area contributed by atoms with Crippen LogP contribution in [0.15, 0.2) is 78.9 Å². The predicted molar refractivity (Wildman–Crippen MR) is 112 cm³/mol. The molecule has 3 aromatic carbocycles. The molecule has 0 spiro atoms. The third-order valence-corrected chi connectivity index (χ3v) is 3.97. The smallest absolute Gasteiger partial charge is 0.338 e. The van der Waals surface area contributed by atoms with E-state index in [4.69, 9.17) is 9.47 Å². The lowest BCUT2D eigenvalue weighted by Gasteiger charge is -2.10. The molecule has 0 radical (unpaired) electrons. The van der Waals surface area contributed by atoms with Crippen LogP contribution in [0.2, 0.25) is 0 Å². The highest BCUT2D eigenvalue weighted by Crippen LogP contribution is 2.22. The van der Waals surface area contributed by atoms with E-state index in [0.29, 0.717) is 23.6 Å². The minimum absolute atomic E-state index is 0.110. The van der Waals surface area contributed by atoms with Crippen LogP contribution in [-0.2, 0) is 9.53 Å². The number of nitrogens with one attached hydrogen (secondary N) is 2. The number of benzene rings is 3. The van der Waals surface area contributed by atoms with Crippen molar-refractivity contribution in [3.05, 3.63) is 84.4 Å². The van der Waals surface area contributed by atoms with E-state index < -0.39 is 0 Å². The zero-order chi connectivity index (χ0) is 20.5. The SMILES string of the molecule is CCOC(=O)c1ccc(NC(=O)CNc2ccc(Oc3ccccc3)cc2)cc1. The van der Waals surface area contributed by atoms with Gasteiger partial charge in [-0.05, 0) is 67.6 Å². The average molecular weight is 390 g/mol. The first-order chi connectivity index (χ1) is 14.1. The van der Waals surface area contributed by atoms with Crippen LogP contribution in [-0.4, -0.2) is 25.0 Å². The Balaban J connectivity index is 1.47. The van der Waals surface area contributed by atoms with Gasteiger partial charge in [0.15, 0.2) is 0 Å². The van der Waals surface area contributed by atoms with Gasteiger partial charge >= 0.3 is 5.97 Å². The summed E-state index contributed by atoms with van der Waals surface area (Å²) in [5.74, 6) is 0.902. The fraction of sp³-hybridized carbons (Fsp3) is 0.130. The highest BCUT2D eigenvalue weighted by Gasteiger charge is 2.07. The molecule has 0 unspecified atom stereocenters. The van der Waals surface area contributed by atoms with Crippen molar-refractivity contribution in [1.82, 2.24) is 0 Å². The van der Waals surface area contributed by atoms with Crippen molar-refractivity contribution in [3.8, 4) is 11.5 Å². The maximum atomic E-state index is 12.1. The van der Waals surface area contributed by atoms with Crippen molar-refractivity contribution in [2.24, 2.45) is 0 Å². The Hall–Kier alpha value is -3.80. The van der Waals surface area contributed by atoms with Crippen molar-refractivity contribution in [2.45, 2.75) is 6.92 Å². The Bertz CT molecular complexity index is 939. The number of ether oxygens (including phenoxy) is 2. The van der Waals surface area contributed by atoms with Crippen molar-refractivity contribution >= 4 is 23.3 Å². The lowest BCUT2D eigenvalue weighted by atomic mass is 10.2. The average Bonchev–Trinajstić information content (AvgIpc) is 2.75. The second-order valence-corrected chi connectivity index (χ2v) is 6.14. The first-order valence-corrected chi connectivity index (χ1v) is 9.28. The van der Waals surface area contributed by atoms with Crippen molar-refractivity contribution < 1.29 is 19.1 Å². The van der Waals surface area contributed by atoms with E-state index in [9.17, 15) is 9.59 Å². The van der Waals surface area contributed by atoms with Gasteiger partial charge in [0.05, 0.1) is 18.7 Å². The summed E-state index contributed by atoms with van der Waals surface area (Å²) in [4.78, 5) is 23.8. The summed E-state index contributed by atoms with van der Waals surface area (Å²) in [5.41, 5.74) is 1.86. The molecule has 0 atom stereocenters. The molecule has 6 nitrogen and oxygen atoms in total. The molecule has 148 valence electrons. The van der Waals surface area contributed by atoms with E-state index in [0.717, 1.165) is 11.4 Å². The normalized spacial score (nSPS) is 10.1. The van der Waals surface area contributed by atoms with Crippen LogP contribution in [0, 0.1) is 0 Å². The summed E-state index contributed by atoms with van der Waals surface area (Å²) in [7, 11) is 0. The molecule has 2 N–H and O–H groups in total. The zero-order valence-electron chi connectivity index (χ0n) is 16.1. The van der Waals surface area contributed by atoms with Gasteiger partial charge < -0.3 is 20.1 Å². The molecule has 6 heteroatoms. The van der Waals surface area contributed by atoms with E-state index in [1.807, 2.05) is 54.6 Å². The molecule has 0 saturated heterocycles. The van der Waals surface area contributed by atoms with Crippen LogP contribution in [0.1, 0.15) is 17.3 Å². The Morgan fingerprint density at radius 2 is 1.41 bits per heavy atom. The van der Waals surface area contributed by atoms with Crippen LogP contribution in [0.4, 0.5) is 11.4 Å². The summed E-state index contributed by atoms with van der Waals surface area (Å²) in [6.45, 7) is 2.18. The minimum atomic E-state index is -0.383. The van der Waals surface area contributed by atoms with Gasteiger partial charge in [0.1, 0.15) is 11.5 Å². The third-order valence-electron chi connectivity index (χ3n) is 3.97. The molecule has 0 bridgehead atoms. The zero-order valence-corrected chi connectivity index (χ0v) is 16.1. The molecular weight excluding hydrogens is 368 g/mol. The van der Waals surface area contributed by atoms with Gasteiger partial charge in [-0.2, -0.15) is 0 Å². The molecule has 3 aromatic rings. The van der Waals surface area contributed by atoms with Crippen LogP contribution < -0.4 is 15.4 Å². The standard InChI is InChI=1S/C23H22N2O4/c1-2-28-23(27)17-8-10-19(11-9-17)25-22(26)16-24-18-12-14-21(15-13-18)29-20-6-4-3-5-7-20/h3-15,24H,2,16H2,1H3,(H,25,26). The molecule has 0 aliphatic carbocycles. The van der Waals surface area contributed by atoms with Crippen molar-refractivity contribution in [1.29, 1.82) is 0 Å². The van der Waals surface area contributed by atoms with E-state index in [-0.39, 0.29) is 18.4 Å². The number of hydrogen-bond acceptors (Lipinski definition) is 5. The fourth-order valence-electron chi connectivity index (χ4n) is 2.56. The lowest BCUT2D eigenvalue weighted by Crippen LogP contribution is -2.21. The highest BCUT2D eigenvalue weighted by atomic mass is 16.5. The molecule has 0 aliphatic heterocycles. The molecule has 0 aliphatic rings. The number of anilines is 2. The minimum Gasteiger partial charge on any atom is -0.462 e. The number of carbonyl (C=O) groups excluding carboxylic acids is 2. The van der Waals surface area contributed by atoms with E-state index in [1.165, 1.54) is 0 Å². The Morgan fingerprint density at radius 1 is 0.793 bits per heavy atom. The van der Waals surface area contributed by atoms with Crippen LogP contribution in [0.5, 0.6) is 11.5 Å². The largest absolute Gasteiger partial charge is 0.462 e. The molecule has 29 heavy (non-hydrogen) atoms.